The Labute approximate surface area is 76.5 Å². The Morgan fingerprint density at radius 1 is 1.78 bits per heavy atom. The zero-order chi connectivity index (χ0) is 6.73. The summed E-state index contributed by atoms with van der Waals surface area (Å²) in [6.07, 6.45) is 0. The third-order valence-corrected chi connectivity index (χ3v) is 1.34. The SMILES string of the molecule is CC([N+](=O)[O-])S(=O)O.[Na+]. The number of hydrogen-bond donors (Lipinski definition) is 1. The van der Waals surface area contributed by atoms with Gasteiger partial charge in [-0.2, -0.15) is 0 Å². The van der Waals surface area contributed by atoms with E-state index in [9.17, 15) is 14.3 Å². The van der Waals surface area contributed by atoms with Gasteiger partial charge in [-0.05, 0) is 0 Å². The molecule has 9 heavy (non-hydrogen) atoms. The molecule has 0 fully saturated rings. The second kappa shape index (κ2) is 5.31. The van der Waals surface area contributed by atoms with E-state index in [2.05, 4.69) is 0 Å². The maximum atomic E-state index is 9.81. The quantitative estimate of drug-likeness (QED) is 0.201. The molecule has 0 aromatic carbocycles. The van der Waals surface area contributed by atoms with Gasteiger partial charge in [-0.25, -0.2) is 4.21 Å². The van der Waals surface area contributed by atoms with Gasteiger partial charge in [0, 0.05) is 11.8 Å². The van der Waals surface area contributed by atoms with Crippen LogP contribution in [0, 0.1) is 10.1 Å². The zero-order valence-electron chi connectivity index (χ0n) is 5.10. The largest absolute Gasteiger partial charge is 1.00 e. The van der Waals surface area contributed by atoms with Gasteiger partial charge in [0.25, 0.3) is 0 Å². The molecule has 0 spiro atoms. The van der Waals surface area contributed by atoms with Crippen LogP contribution in [0.1, 0.15) is 6.92 Å². The molecule has 0 aromatic rings. The molecule has 2 atom stereocenters. The first-order valence-corrected chi connectivity index (χ1v) is 2.96. The average molecular weight is 162 g/mol. The van der Waals surface area contributed by atoms with Crippen molar-refractivity contribution in [2.45, 2.75) is 12.3 Å². The zero-order valence-corrected chi connectivity index (χ0v) is 7.92. The van der Waals surface area contributed by atoms with E-state index in [1.54, 1.807) is 0 Å². The second-order valence-electron chi connectivity index (χ2n) is 1.16. The van der Waals surface area contributed by atoms with Crippen LogP contribution in [0.25, 0.3) is 0 Å². The molecule has 0 radical (unpaired) electrons. The predicted molar refractivity (Wildman–Crippen MR) is 27.2 cm³/mol. The molecular weight excluding hydrogens is 157 g/mol. The summed E-state index contributed by atoms with van der Waals surface area (Å²) in [7, 11) is 0. The van der Waals surface area contributed by atoms with Gasteiger partial charge < -0.3 is 4.55 Å². The van der Waals surface area contributed by atoms with Gasteiger partial charge in [-0.3, -0.25) is 10.1 Å². The molecular formula is C2H5NNaO4S+. The van der Waals surface area contributed by atoms with Gasteiger partial charge in [-0.1, -0.05) is 0 Å². The smallest absolute Gasteiger partial charge is 0.301 e. The molecule has 0 aromatic heterocycles. The van der Waals surface area contributed by atoms with Crippen molar-refractivity contribution in [1.29, 1.82) is 0 Å². The molecule has 0 heterocycles. The van der Waals surface area contributed by atoms with Crippen molar-refractivity contribution in [3.63, 3.8) is 0 Å². The summed E-state index contributed by atoms with van der Waals surface area (Å²) < 4.78 is 17.8. The summed E-state index contributed by atoms with van der Waals surface area (Å²) in [5.74, 6) is 0. The Bertz CT molecular complexity index is 114. The first-order chi connectivity index (χ1) is 3.55. The molecule has 0 saturated heterocycles. The maximum Gasteiger partial charge on any atom is 1.00 e. The third kappa shape index (κ3) is 4.98. The Morgan fingerprint density at radius 2 is 2.11 bits per heavy atom. The van der Waals surface area contributed by atoms with E-state index in [-0.39, 0.29) is 29.6 Å². The van der Waals surface area contributed by atoms with Crippen molar-refractivity contribution in [1.82, 2.24) is 0 Å². The summed E-state index contributed by atoms with van der Waals surface area (Å²) in [6, 6.07) is 0. The van der Waals surface area contributed by atoms with Crippen molar-refractivity contribution < 1.29 is 43.2 Å². The van der Waals surface area contributed by atoms with Crippen LogP contribution in [-0.4, -0.2) is 19.1 Å². The Hall–Kier alpha value is 0.510. The summed E-state index contributed by atoms with van der Waals surface area (Å²) >= 11 is -2.34. The first-order valence-electron chi connectivity index (χ1n) is 1.79. The normalized spacial score (nSPS) is 15.3. The molecule has 0 saturated carbocycles. The minimum Gasteiger partial charge on any atom is -0.301 e. The van der Waals surface area contributed by atoms with Gasteiger partial charge in [0.15, 0.2) is 0 Å². The van der Waals surface area contributed by atoms with Crippen LogP contribution in [0.3, 0.4) is 0 Å². The number of nitrogens with zero attached hydrogens (tertiary/aromatic N) is 1. The number of hydrogen-bond acceptors (Lipinski definition) is 3. The van der Waals surface area contributed by atoms with E-state index in [0.717, 1.165) is 6.92 Å². The summed E-state index contributed by atoms with van der Waals surface area (Å²) in [5, 5.41) is 8.21. The Morgan fingerprint density at radius 3 is 2.11 bits per heavy atom. The summed E-state index contributed by atoms with van der Waals surface area (Å²) in [6.45, 7) is 1.07. The van der Waals surface area contributed by atoms with Crippen LogP contribution in [0.5, 0.6) is 0 Å². The molecule has 48 valence electrons. The minimum atomic E-state index is -2.34. The fourth-order valence-corrected chi connectivity index (χ4v) is 0.221. The molecule has 0 aliphatic rings. The standard InChI is InChI=1S/C2H5NO4S.Na/c1-2(3(4)5)8(6)7;/h2H,1H3,(H,6,7);/q;+1. The Kier molecular flexibility index (Phi) is 7.20. The Balaban J connectivity index is 0. The van der Waals surface area contributed by atoms with Crippen LogP contribution in [-0.2, 0) is 11.1 Å². The molecule has 2 unspecified atom stereocenters. The van der Waals surface area contributed by atoms with Crippen LogP contribution in [0.4, 0.5) is 0 Å². The number of nitro groups is 1. The number of rotatable bonds is 2. The van der Waals surface area contributed by atoms with E-state index in [0.29, 0.717) is 0 Å². The molecule has 1 N–H and O–H groups in total. The predicted octanol–water partition coefficient (Wildman–Crippen LogP) is -3.17. The summed E-state index contributed by atoms with van der Waals surface area (Å²) in [5.41, 5.74) is 0. The van der Waals surface area contributed by atoms with Gasteiger partial charge >= 0.3 is 34.9 Å². The van der Waals surface area contributed by atoms with Gasteiger partial charge in [0.05, 0.1) is 0 Å². The average Bonchev–Trinajstić information content (AvgIpc) is 1.64. The minimum absolute atomic E-state index is 0. The van der Waals surface area contributed by atoms with Crippen LogP contribution >= 0.6 is 0 Å². The van der Waals surface area contributed by atoms with Crippen molar-refractivity contribution in [2.75, 3.05) is 0 Å². The summed E-state index contributed by atoms with van der Waals surface area (Å²) in [4.78, 5) is 8.78. The maximum absolute atomic E-state index is 9.81. The second-order valence-corrected chi connectivity index (χ2v) is 2.40. The topological polar surface area (TPSA) is 80.4 Å². The van der Waals surface area contributed by atoms with E-state index in [1.807, 2.05) is 0 Å². The van der Waals surface area contributed by atoms with Crippen LogP contribution < -0.4 is 29.6 Å². The molecule has 7 heteroatoms. The van der Waals surface area contributed by atoms with Crippen molar-refractivity contribution >= 4 is 11.1 Å². The van der Waals surface area contributed by atoms with Crippen molar-refractivity contribution in [3.05, 3.63) is 10.1 Å². The van der Waals surface area contributed by atoms with Crippen molar-refractivity contribution in [3.8, 4) is 0 Å². The van der Waals surface area contributed by atoms with Gasteiger partial charge in [-0.15, -0.1) is 0 Å². The molecule has 0 bridgehead atoms. The van der Waals surface area contributed by atoms with E-state index >= 15 is 0 Å². The molecule has 0 aliphatic heterocycles. The molecule has 0 aliphatic carbocycles. The van der Waals surface area contributed by atoms with E-state index in [1.165, 1.54) is 0 Å². The first kappa shape index (κ1) is 12.2. The fraction of sp³-hybridized carbons (Fsp3) is 1.00. The van der Waals surface area contributed by atoms with Crippen LogP contribution in [0.2, 0.25) is 0 Å². The van der Waals surface area contributed by atoms with Gasteiger partial charge in [0.1, 0.15) is 0 Å². The van der Waals surface area contributed by atoms with E-state index in [4.69, 9.17) is 4.55 Å². The third-order valence-electron chi connectivity index (χ3n) is 0.589. The molecule has 0 rings (SSSR count). The fourth-order valence-electron chi connectivity index (χ4n) is 0.0736. The van der Waals surface area contributed by atoms with Gasteiger partial charge in [0.2, 0.25) is 11.1 Å². The monoisotopic (exact) mass is 162 g/mol. The van der Waals surface area contributed by atoms with Crippen LogP contribution in [0.15, 0.2) is 0 Å². The van der Waals surface area contributed by atoms with E-state index < -0.39 is 21.4 Å². The van der Waals surface area contributed by atoms with Crippen molar-refractivity contribution in [2.24, 2.45) is 0 Å². The molecule has 0 amide bonds. The molecule has 5 nitrogen and oxygen atoms in total.